The molecule has 1 heterocycles. The van der Waals surface area contributed by atoms with Gasteiger partial charge in [-0.2, -0.15) is 0 Å². The summed E-state index contributed by atoms with van der Waals surface area (Å²) in [7, 11) is 0. The van der Waals surface area contributed by atoms with Gasteiger partial charge in [0.1, 0.15) is 5.15 Å². The van der Waals surface area contributed by atoms with E-state index in [1.165, 1.54) is 24.0 Å². The predicted octanol–water partition coefficient (Wildman–Crippen LogP) is 3.49. The summed E-state index contributed by atoms with van der Waals surface area (Å²) in [5.74, 6) is 0.631. The van der Waals surface area contributed by atoms with Crippen LogP contribution in [0.3, 0.4) is 0 Å². The molecule has 0 bridgehead atoms. The molecule has 2 N–H and O–H groups in total. The first kappa shape index (κ1) is 12.0. The molecule has 1 aliphatic rings. The topological polar surface area (TPSA) is 30.9 Å². The van der Waals surface area contributed by atoms with Gasteiger partial charge in [-0.3, -0.25) is 0 Å². The van der Waals surface area contributed by atoms with Crippen LogP contribution >= 0.6 is 11.6 Å². The van der Waals surface area contributed by atoms with E-state index >= 15 is 0 Å². The van der Waals surface area contributed by atoms with Gasteiger partial charge in [0.2, 0.25) is 0 Å². The zero-order chi connectivity index (χ0) is 11.7. The van der Waals surface area contributed by atoms with Crippen molar-refractivity contribution in [3.8, 4) is 0 Å². The fraction of sp³-hybridized carbons (Fsp3) is 0.692. The maximum Gasteiger partial charge on any atom is 0.112 e. The molecule has 0 amide bonds. The van der Waals surface area contributed by atoms with Crippen molar-refractivity contribution in [2.24, 2.45) is 5.73 Å². The lowest BCUT2D eigenvalue weighted by atomic mass is 9.83. The van der Waals surface area contributed by atoms with Crippen molar-refractivity contribution >= 4 is 11.6 Å². The third-order valence-corrected chi connectivity index (χ3v) is 4.02. The molecule has 1 aliphatic carbocycles. The molecule has 90 valence electrons. The zero-order valence-electron chi connectivity index (χ0n) is 10.2. The predicted molar refractivity (Wildman–Crippen MR) is 69.2 cm³/mol. The molecule has 0 saturated carbocycles. The van der Waals surface area contributed by atoms with E-state index in [9.17, 15) is 0 Å². The van der Waals surface area contributed by atoms with Crippen molar-refractivity contribution in [1.29, 1.82) is 0 Å². The summed E-state index contributed by atoms with van der Waals surface area (Å²) in [5.41, 5.74) is 8.51. The molecule has 0 saturated heterocycles. The molecule has 0 radical (unpaired) electrons. The highest BCUT2D eigenvalue weighted by Gasteiger charge is 2.25. The van der Waals surface area contributed by atoms with Gasteiger partial charge in [-0.25, -0.2) is 0 Å². The van der Waals surface area contributed by atoms with Gasteiger partial charge in [0.15, 0.2) is 0 Å². The van der Waals surface area contributed by atoms with Gasteiger partial charge in [-0.15, -0.1) is 0 Å². The van der Waals surface area contributed by atoms with Crippen molar-refractivity contribution in [1.82, 2.24) is 4.57 Å². The Kier molecular flexibility index (Phi) is 3.60. The van der Waals surface area contributed by atoms with Gasteiger partial charge in [-0.1, -0.05) is 11.6 Å². The first-order valence-electron chi connectivity index (χ1n) is 6.24. The van der Waals surface area contributed by atoms with Crippen molar-refractivity contribution in [3.63, 3.8) is 0 Å². The molecule has 0 aliphatic heterocycles. The minimum Gasteiger partial charge on any atom is -0.336 e. The molecule has 16 heavy (non-hydrogen) atoms. The summed E-state index contributed by atoms with van der Waals surface area (Å²) in [5, 5.41) is 0.951. The Morgan fingerprint density at radius 3 is 2.94 bits per heavy atom. The number of fused-ring (bicyclic) bond motifs is 1. The van der Waals surface area contributed by atoms with E-state index < -0.39 is 0 Å². The molecule has 1 aromatic heterocycles. The Bertz CT molecular complexity index is 368. The van der Waals surface area contributed by atoms with Crippen LogP contribution in [0.2, 0.25) is 5.15 Å². The minimum atomic E-state index is 0.441. The highest BCUT2D eigenvalue weighted by atomic mass is 35.5. The summed E-state index contributed by atoms with van der Waals surface area (Å²) >= 11 is 6.43. The van der Waals surface area contributed by atoms with Gasteiger partial charge in [0.25, 0.3) is 0 Å². The molecular weight excluding hydrogens is 220 g/mol. The first-order valence-corrected chi connectivity index (χ1v) is 6.62. The number of halogens is 1. The quantitative estimate of drug-likeness (QED) is 0.862. The Morgan fingerprint density at radius 1 is 1.56 bits per heavy atom. The number of hydrogen-bond donors (Lipinski definition) is 1. The summed E-state index contributed by atoms with van der Waals surface area (Å²) in [6, 6.07) is 0.441. The van der Waals surface area contributed by atoms with Crippen LogP contribution < -0.4 is 5.73 Å². The number of nitrogens with two attached hydrogens (primary N) is 1. The molecule has 3 heteroatoms. The summed E-state index contributed by atoms with van der Waals surface area (Å²) in [6.07, 6.45) is 6.99. The Balaban J connectivity index is 2.37. The summed E-state index contributed by atoms with van der Waals surface area (Å²) in [6.45, 7) is 5.12. The highest BCUT2D eigenvalue weighted by molar-refractivity contribution is 6.30. The lowest BCUT2D eigenvalue weighted by Gasteiger charge is -2.21. The average molecular weight is 241 g/mol. The lowest BCUT2D eigenvalue weighted by molar-refractivity contribution is 0.527. The molecule has 0 fully saturated rings. The average Bonchev–Trinajstić information content (AvgIpc) is 2.58. The molecule has 2 rings (SSSR count). The van der Waals surface area contributed by atoms with Crippen LogP contribution in [0.5, 0.6) is 0 Å². The van der Waals surface area contributed by atoms with Crippen LogP contribution in [0, 0.1) is 0 Å². The minimum absolute atomic E-state index is 0.441. The SMILES string of the molecule is CC(C)n1cc2c(c1Cl)CCCC2CCN. The second-order valence-corrected chi connectivity index (χ2v) is 5.38. The van der Waals surface area contributed by atoms with Crippen LogP contribution in [0.25, 0.3) is 0 Å². The molecule has 0 spiro atoms. The summed E-state index contributed by atoms with van der Waals surface area (Å²) < 4.78 is 2.20. The third-order valence-electron chi connectivity index (χ3n) is 3.59. The van der Waals surface area contributed by atoms with Crippen molar-refractivity contribution in [2.45, 2.75) is 51.5 Å². The van der Waals surface area contributed by atoms with E-state index in [1.54, 1.807) is 0 Å². The van der Waals surface area contributed by atoms with Gasteiger partial charge < -0.3 is 10.3 Å². The molecule has 0 aromatic carbocycles. The number of hydrogen-bond acceptors (Lipinski definition) is 1. The second-order valence-electron chi connectivity index (χ2n) is 5.02. The Hall–Kier alpha value is -0.470. The molecule has 1 aromatic rings. The molecule has 1 unspecified atom stereocenters. The van der Waals surface area contributed by atoms with E-state index in [2.05, 4.69) is 24.6 Å². The van der Waals surface area contributed by atoms with E-state index in [-0.39, 0.29) is 0 Å². The van der Waals surface area contributed by atoms with Crippen LogP contribution in [0.1, 0.15) is 56.2 Å². The zero-order valence-corrected chi connectivity index (χ0v) is 10.9. The lowest BCUT2D eigenvalue weighted by Crippen LogP contribution is -2.12. The number of aromatic nitrogens is 1. The van der Waals surface area contributed by atoms with Crippen LogP contribution in [0.4, 0.5) is 0 Å². The van der Waals surface area contributed by atoms with Gasteiger partial charge in [-0.05, 0) is 63.1 Å². The smallest absolute Gasteiger partial charge is 0.112 e. The normalized spacial score (nSPS) is 20.2. The fourth-order valence-electron chi connectivity index (χ4n) is 2.72. The maximum atomic E-state index is 6.43. The van der Waals surface area contributed by atoms with Crippen LogP contribution in [-0.4, -0.2) is 11.1 Å². The van der Waals surface area contributed by atoms with E-state index in [0.717, 1.165) is 24.5 Å². The Morgan fingerprint density at radius 2 is 2.31 bits per heavy atom. The van der Waals surface area contributed by atoms with Crippen molar-refractivity contribution < 1.29 is 0 Å². The summed E-state index contributed by atoms with van der Waals surface area (Å²) in [4.78, 5) is 0. The van der Waals surface area contributed by atoms with Crippen LogP contribution in [0.15, 0.2) is 6.20 Å². The van der Waals surface area contributed by atoms with E-state index in [1.807, 2.05) is 0 Å². The fourth-order valence-corrected chi connectivity index (χ4v) is 3.16. The van der Waals surface area contributed by atoms with Gasteiger partial charge in [0.05, 0.1) is 0 Å². The molecular formula is C13H21ClN2. The van der Waals surface area contributed by atoms with Gasteiger partial charge >= 0.3 is 0 Å². The third kappa shape index (κ3) is 2.01. The number of rotatable bonds is 3. The Labute approximate surface area is 103 Å². The number of nitrogens with zero attached hydrogens (tertiary/aromatic N) is 1. The van der Waals surface area contributed by atoms with Gasteiger partial charge in [0, 0.05) is 12.2 Å². The standard InChI is InChI=1S/C13H21ClN2/c1-9(2)16-8-12-10(6-7-15)4-3-5-11(12)13(16)14/h8-10H,3-7,15H2,1-2H3. The van der Waals surface area contributed by atoms with Crippen LogP contribution in [-0.2, 0) is 6.42 Å². The second kappa shape index (κ2) is 4.80. The van der Waals surface area contributed by atoms with E-state index in [4.69, 9.17) is 17.3 Å². The van der Waals surface area contributed by atoms with Crippen molar-refractivity contribution in [3.05, 3.63) is 22.5 Å². The van der Waals surface area contributed by atoms with Crippen molar-refractivity contribution in [2.75, 3.05) is 6.54 Å². The van der Waals surface area contributed by atoms with E-state index in [0.29, 0.717) is 12.0 Å². The molecule has 2 nitrogen and oxygen atoms in total. The first-order chi connectivity index (χ1) is 7.65. The maximum absolute atomic E-state index is 6.43. The highest BCUT2D eigenvalue weighted by Crippen LogP contribution is 2.39. The molecule has 1 atom stereocenters. The largest absolute Gasteiger partial charge is 0.336 e. The monoisotopic (exact) mass is 240 g/mol.